The van der Waals surface area contributed by atoms with Crippen LogP contribution >= 0.6 is 11.6 Å². The van der Waals surface area contributed by atoms with Crippen molar-refractivity contribution in [3.8, 4) is 0 Å². The molecule has 1 aliphatic heterocycles. The van der Waals surface area contributed by atoms with E-state index in [0.717, 1.165) is 37.5 Å². The van der Waals surface area contributed by atoms with Crippen molar-refractivity contribution >= 4 is 11.6 Å². The Morgan fingerprint density at radius 2 is 1.95 bits per heavy atom. The van der Waals surface area contributed by atoms with Crippen LogP contribution in [0.25, 0.3) is 0 Å². The summed E-state index contributed by atoms with van der Waals surface area (Å²) in [4.78, 5) is 0. The lowest BCUT2D eigenvalue weighted by molar-refractivity contribution is 0.269. The van der Waals surface area contributed by atoms with Crippen LogP contribution in [-0.2, 0) is 24.8 Å². The molecule has 2 aromatic rings. The van der Waals surface area contributed by atoms with Gasteiger partial charge in [0.1, 0.15) is 0 Å². The largest absolute Gasteiger partial charge is 0.315 e. The van der Waals surface area contributed by atoms with Gasteiger partial charge in [0.25, 0.3) is 0 Å². The number of benzene rings is 1. The summed E-state index contributed by atoms with van der Waals surface area (Å²) in [6.07, 6.45) is 2.02. The van der Waals surface area contributed by atoms with Gasteiger partial charge in [0.2, 0.25) is 0 Å². The van der Waals surface area contributed by atoms with Crippen LogP contribution < -0.4 is 5.32 Å². The van der Waals surface area contributed by atoms with Crippen LogP contribution in [0.1, 0.15) is 30.8 Å². The molecule has 1 aromatic heterocycles. The summed E-state index contributed by atoms with van der Waals surface area (Å²) in [5.41, 5.74) is 4.08. The summed E-state index contributed by atoms with van der Waals surface area (Å²) in [5.74, 6) is 0. The highest BCUT2D eigenvalue weighted by atomic mass is 35.5. The van der Waals surface area contributed by atoms with Crippen LogP contribution in [0.15, 0.2) is 30.3 Å². The van der Waals surface area contributed by atoms with Crippen molar-refractivity contribution in [3.63, 3.8) is 0 Å². The minimum Gasteiger partial charge on any atom is -0.315 e. The van der Waals surface area contributed by atoms with Crippen LogP contribution in [0.3, 0.4) is 0 Å². The second kappa shape index (κ2) is 5.82. The van der Waals surface area contributed by atoms with Gasteiger partial charge in [-0.1, -0.05) is 30.7 Å². The lowest BCUT2D eigenvalue weighted by Gasteiger charge is -2.43. The maximum absolute atomic E-state index is 6.02. The van der Waals surface area contributed by atoms with Crippen LogP contribution in [0, 0.1) is 0 Å². The highest BCUT2D eigenvalue weighted by Gasteiger charge is 2.39. The van der Waals surface area contributed by atoms with E-state index in [-0.39, 0.29) is 5.41 Å². The third-order valence-corrected chi connectivity index (χ3v) is 4.73. The Morgan fingerprint density at radius 3 is 2.48 bits per heavy atom. The lowest BCUT2D eigenvalue weighted by Crippen LogP contribution is -2.58. The molecule has 0 bridgehead atoms. The number of rotatable bonds is 5. The second-order valence-electron chi connectivity index (χ2n) is 5.86. The van der Waals surface area contributed by atoms with E-state index in [9.17, 15) is 0 Å². The fourth-order valence-corrected chi connectivity index (χ4v) is 3.24. The van der Waals surface area contributed by atoms with E-state index in [1.807, 2.05) is 12.1 Å². The molecule has 0 saturated carbocycles. The van der Waals surface area contributed by atoms with Crippen LogP contribution in [0.4, 0.5) is 0 Å². The zero-order chi connectivity index (χ0) is 14.9. The highest BCUT2D eigenvalue weighted by molar-refractivity contribution is 6.30. The van der Waals surface area contributed by atoms with Crippen LogP contribution in [0.5, 0.6) is 0 Å². The van der Waals surface area contributed by atoms with Crippen LogP contribution in [-0.4, -0.2) is 22.9 Å². The first-order valence-corrected chi connectivity index (χ1v) is 8.07. The molecule has 0 spiro atoms. The molecule has 1 aliphatic rings. The normalized spacial score (nSPS) is 16.7. The Hall–Kier alpha value is -1.32. The number of halogens is 1. The molecular formula is C17H22ClN3. The van der Waals surface area contributed by atoms with Gasteiger partial charge in [-0.05, 0) is 37.1 Å². The number of hydrogen-bond donors (Lipinski definition) is 1. The van der Waals surface area contributed by atoms with Gasteiger partial charge in [-0.2, -0.15) is 5.10 Å². The molecule has 4 heteroatoms. The van der Waals surface area contributed by atoms with Crippen molar-refractivity contribution in [3.05, 3.63) is 52.3 Å². The van der Waals surface area contributed by atoms with Gasteiger partial charge < -0.3 is 5.32 Å². The molecule has 1 N–H and O–H groups in total. The average molecular weight is 304 g/mol. The molecular weight excluding hydrogens is 282 g/mol. The predicted molar refractivity (Wildman–Crippen MR) is 87.0 cm³/mol. The summed E-state index contributed by atoms with van der Waals surface area (Å²) >= 11 is 6.02. The number of hydrogen-bond acceptors (Lipinski definition) is 2. The number of aryl methyl sites for hydroxylation is 2. The van der Waals surface area contributed by atoms with E-state index in [4.69, 9.17) is 11.6 Å². The third kappa shape index (κ3) is 2.72. The zero-order valence-corrected chi connectivity index (χ0v) is 13.5. The molecule has 3 rings (SSSR count). The molecule has 0 atom stereocenters. The van der Waals surface area contributed by atoms with Crippen molar-refractivity contribution < 1.29 is 0 Å². The monoisotopic (exact) mass is 303 g/mol. The maximum Gasteiger partial charge on any atom is 0.0624 e. The number of nitrogens with zero attached hydrogens (tertiary/aromatic N) is 2. The standard InChI is InChI=1S/C17H22ClN3/c1-3-15-9-16(21(4-2)20-15)10-17(11-19-12-17)13-5-7-14(18)8-6-13/h5-9,19H,3-4,10-12H2,1-2H3. The van der Waals surface area contributed by atoms with Gasteiger partial charge in [-0.25, -0.2) is 0 Å². The molecule has 112 valence electrons. The van der Waals surface area contributed by atoms with E-state index >= 15 is 0 Å². The minimum atomic E-state index is 0.183. The van der Waals surface area contributed by atoms with Gasteiger partial charge in [0.15, 0.2) is 0 Å². The topological polar surface area (TPSA) is 29.9 Å². The highest BCUT2D eigenvalue weighted by Crippen LogP contribution is 2.33. The molecule has 0 radical (unpaired) electrons. The lowest BCUT2D eigenvalue weighted by atomic mass is 9.72. The fourth-order valence-electron chi connectivity index (χ4n) is 3.11. The minimum absolute atomic E-state index is 0.183. The van der Waals surface area contributed by atoms with Crippen LogP contribution in [0.2, 0.25) is 5.02 Å². The summed E-state index contributed by atoms with van der Waals surface area (Å²) in [6, 6.07) is 10.6. The van der Waals surface area contributed by atoms with Crippen molar-refractivity contribution in [1.29, 1.82) is 0 Å². The average Bonchev–Trinajstić information content (AvgIpc) is 2.86. The molecule has 0 unspecified atom stereocenters. The number of nitrogens with one attached hydrogen (secondary N) is 1. The molecule has 21 heavy (non-hydrogen) atoms. The van der Waals surface area contributed by atoms with Crippen molar-refractivity contribution in [2.75, 3.05) is 13.1 Å². The smallest absolute Gasteiger partial charge is 0.0624 e. The summed E-state index contributed by atoms with van der Waals surface area (Å²) in [7, 11) is 0. The van der Waals surface area contributed by atoms with E-state index in [1.165, 1.54) is 17.0 Å². The first kappa shape index (κ1) is 14.6. The molecule has 0 aliphatic carbocycles. The summed E-state index contributed by atoms with van der Waals surface area (Å²) in [5, 5.41) is 8.90. The zero-order valence-electron chi connectivity index (χ0n) is 12.7. The SMILES string of the molecule is CCc1cc(CC2(c3ccc(Cl)cc3)CNC2)n(CC)n1. The molecule has 0 amide bonds. The van der Waals surface area contributed by atoms with Crippen molar-refractivity contribution in [1.82, 2.24) is 15.1 Å². The molecule has 1 aromatic carbocycles. The first-order chi connectivity index (χ1) is 10.2. The molecule has 1 saturated heterocycles. The quantitative estimate of drug-likeness (QED) is 0.919. The Kier molecular flexibility index (Phi) is 4.05. The molecule has 3 nitrogen and oxygen atoms in total. The molecule has 1 fully saturated rings. The van der Waals surface area contributed by atoms with Gasteiger partial charge >= 0.3 is 0 Å². The molecule has 2 heterocycles. The Balaban J connectivity index is 1.90. The van der Waals surface area contributed by atoms with E-state index in [1.54, 1.807) is 0 Å². The maximum atomic E-state index is 6.02. The van der Waals surface area contributed by atoms with E-state index in [2.05, 4.69) is 47.1 Å². The van der Waals surface area contributed by atoms with Gasteiger partial charge in [0, 0.05) is 42.2 Å². The van der Waals surface area contributed by atoms with E-state index in [0.29, 0.717) is 0 Å². The van der Waals surface area contributed by atoms with Gasteiger partial charge in [0.05, 0.1) is 5.69 Å². The van der Waals surface area contributed by atoms with Crippen molar-refractivity contribution in [2.24, 2.45) is 0 Å². The predicted octanol–water partition coefficient (Wildman–Crippen LogP) is 3.20. The second-order valence-corrected chi connectivity index (χ2v) is 6.30. The summed E-state index contributed by atoms with van der Waals surface area (Å²) in [6.45, 7) is 7.28. The third-order valence-electron chi connectivity index (χ3n) is 4.48. The van der Waals surface area contributed by atoms with Gasteiger partial charge in [-0.3, -0.25) is 4.68 Å². The Morgan fingerprint density at radius 1 is 1.24 bits per heavy atom. The van der Waals surface area contributed by atoms with E-state index < -0.39 is 0 Å². The first-order valence-electron chi connectivity index (χ1n) is 7.69. The Labute approximate surface area is 131 Å². The number of aromatic nitrogens is 2. The van der Waals surface area contributed by atoms with Crippen molar-refractivity contribution in [2.45, 2.75) is 38.6 Å². The summed E-state index contributed by atoms with van der Waals surface area (Å²) < 4.78 is 2.15. The fraction of sp³-hybridized carbons (Fsp3) is 0.471. The van der Waals surface area contributed by atoms with Gasteiger partial charge in [-0.15, -0.1) is 0 Å². The Bertz CT molecular complexity index is 611.